The minimum absolute atomic E-state index is 0.0551. The van der Waals surface area contributed by atoms with Crippen molar-refractivity contribution in [3.05, 3.63) is 65.5 Å². The third kappa shape index (κ3) is 12.7. The Balaban J connectivity index is 0.000000271. The maximum absolute atomic E-state index is 12.5. The number of carbonyl (C=O) groups is 4. The van der Waals surface area contributed by atoms with Crippen LogP contribution < -0.4 is 10.2 Å². The summed E-state index contributed by atoms with van der Waals surface area (Å²) in [5, 5.41) is 20.9. The highest BCUT2D eigenvalue weighted by Gasteiger charge is 2.32. The molecule has 2 saturated heterocycles. The predicted molar refractivity (Wildman–Crippen MR) is 177 cm³/mol. The Morgan fingerprint density at radius 3 is 1.68 bits per heavy atom. The number of benzene rings is 2. The van der Waals surface area contributed by atoms with Gasteiger partial charge in [0.2, 0.25) is 0 Å². The van der Waals surface area contributed by atoms with Crippen molar-refractivity contribution in [2.45, 2.75) is 78.7 Å². The number of amides is 2. The number of nitrogens with one attached hydrogen (secondary N) is 1. The Labute approximate surface area is 276 Å². The smallest absolute Gasteiger partial charge is 0.410 e. The Hall–Kier alpha value is -4.39. The molecule has 0 unspecified atom stereocenters. The summed E-state index contributed by atoms with van der Waals surface area (Å²) >= 11 is 0. The Kier molecular flexibility index (Phi) is 14.0. The number of para-hydroxylation sites is 1. The molecule has 2 aromatic carbocycles. The number of hydrogen-bond acceptors (Lipinski definition) is 8. The monoisotopic (exact) mass is 660 g/mol. The Morgan fingerprint density at radius 1 is 0.745 bits per heavy atom. The highest BCUT2D eigenvalue weighted by molar-refractivity contribution is 5.94. The molecule has 0 aliphatic carbocycles. The van der Waals surface area contributed by atoms with Gasteiger partial charge in [-0.1, -0.05) is 24.3 Å². The molecule has 0 bridgehead atoms. The van der Waals surface area contributed by atoms with Gasteiger partial charge in [0, 0.05) is 51.4 Å². The normalized spacial score (nSPS) is 18.1. The fraction of sp³-hybridized carbons (Fsp3) is 0.529. The summed E-state index contributed by atoms with van der Waals surface area (Å²) in [6.07, 6.45) is -0.525. The highest BCUT2D eigenvalue weighted by atomic mass is 19.1. The van der Waals surface area contributed by atoms with Gasteiger partial charge in [0.25, 0.3) is 0 Å². The first-order chi connectivity index (χ1) is 21.8. The summed E-state index contributed by atoms with van der Waals surface area (Å²) in [7, 11) is 0. The fourth-order valence-corrected chi connectivity index (χ4v) is 4.77. The van der Waals surface area contributed by atoms with Crippen LogP contribution in [0, 0.1) is 5.82 Å². The topological polar surface area (TPSA) is 149 Å². The molecule has 0 saturated carbocycles. The van der Waals surface area contributed by atoms with Crippen molar-refractivity contribution in [1.82, 2.24) is 15.1 Å². The molecule has 2 aliphatic heterocycles. The molecular weight excluding hydrogens is 611 g/mol. The SMILES string of the molecule is C[C@H]1CN(c2ccccc2C(=O)O)CCN1C(=O)OC(C)(C)C.C[C@H]1CNCCN1C(=O)OC(C)(C)C.O=C(O)c1ccccc1F. The van der Waals surface area contributed by atoms with E-state index in [1.165, 1.54) is 18.2 Å². The van der Waals surface area contributed by atoms with Gasteiger partial charge < -0.3 is 39.7 Å². The standard InChI is InChI=1S/C17H24N2O4.C10H20N2O2.C7H5FO2/c1-12-11-18(14-8-6-5-7-13(14)15(20)21)9-10-19(12)16(22)23-17(2,3)4;1-8-7-11-5-6-12(8)9(13)14-10(2,3)4;8-6-4-2-1-3-5(6)7(9)10/h5-8,12H,9-11H2,1-4H3,(H,20,21);8,11H,5-7H2,1-4H3;1-4H,(H,9,10)/t12-;8-;/m00./s1. The lowest BCUT2D eigenvalue weighted by Gasteiger charge is -2.41. The second-order valence-corrected chi connectivity index (χ2v) is 13.3. The molecule has 260 valence electrons. The molecule has 2 aliphatic rings. The van der Waals surface area contributed by atoms with Gasteiger partial charge in [-0.2, -0.15) is 0 Å². The number of hydrogen-bond donors (Lipinski definition) is 3. The summed E-state index contributed by atoms with van der Waals surface area (Å²) in [5.41, 5.74) is -0.241. The highest BCUT2D eigenvalue weighted by Crippen LogP contribution is 2.24. The molecule has 0 aromatic heterocycles. The van der Waals surface area contributed by atoms with Crippen LogP contribution in [0.4, 0.5) is 19.7 Å². The first-order valence-electron chi connectivity index (χ1n) is 15.6. The van der Waals surface area contributed by atoms with Gasteiger partial charge in [-0.05, 0) is 79.7 Å². The maximum Gasteiger partial charge on any atom is 0.410 e. The van der Waals surface area contributed by atoms with E-state index in [-0.39, 0.29) is 35.4 Å². The number of carboxylic acids is 2. The molecule has 2 atom stereocenters. The third-order valence-corrected chi connectivity index (χ3v) is 6.96. The van der Waals surface area contributed by atoms with Gasteiger partial charge in [-0.3, -0.25) is 0 Å². The second kappa shape index (κ2) is 17.0. The molecule has 2 fully saturated rings. The van der Waals surface area contributed by atoms with E-state index < -0.39 is 29.0 Å². The number of nitrogens with zero attached hydrogens (tertiary/aromatic N) is 3. The summed E-state index contributed by atoms with van der Waals surface area (Å²) in [4.78, 5) is 51.0. The lowest BCUT2D eigenvalue weighted by Crippen LogP contribution is -2.55. The molecule has 12 nitrogen and oxygen atoms in total. The molecule has 4 rings (SSSR count). The van der Waals surface area contributed by atoms with Gasteiger partial charge in [0.05, 0.1) is 16.8 Å². The number of rotatable bonds is 3. The third-order valence-electron chi connectivity index (χ3n) is 6.96. The minimum atomic E-state index is -1.24. The van der Waals surface area contributed by atoms with Crippen LogP contribution in [0.15, 0.2) is 48.5 Å². The van der Waals surface area contributed by atoms with Crippen LogP contribution in [0.3, 0.4) is 0 Å². The van der Waals surface area contributed by atoms with E-state index >= 15 is 0 Å². The lowest BCUT2D eigenvalue weighted by atomic mass is 10.1. The number of piperazine rings is 2. The molecule has 0 spiro atoms. The fourth-order valence-electron chi connectivity index (χ4n) is 4.77. The number of halogens is 1. The van der Waals surface area contributed by atoms with Gasteiger partial charge >= 0.3 is 24.1 Å². The van der Waals surface area contributed by atoms with Crippen LogP contribution in [-0.4, -0.2) is 107 Å². The van der Waals surface area contributed by atoms with Gasteiger partial charge in [0.1, 0.15) is 17.0 Å². The maximum atomic E-state index is 12.5. The van der Waals surface area contributed by atoms with E-state index in [9.17, 15) is 28.7 Å². The van der Waals surface area contributed by atoms with Crippen molar-refractivity contribution in [3.63, 3.8) is 0 Å². The van der Waals surface area contributed by atoms with Crippen molar-refractivity contribution in [2.24, 2.45) is 0 Å². The molecule has 47 heavy (non-hydrogen) atoms. The van der Waals surface area contributed by atoms with Crippen LogP contribution in [0.25, 0.3) is 0 Å². The minimum Gasteiger partial charge on any atom is -0.478 e. The average Bonchev–Trinajstić information content (AvgIpc) is 2.96. The number of ether oxygens (including phenoxy) is 2. The number of aromatic carboxylic acids is 2. The summed E-state index contributed by atoms with van der Waals surface area (Å²) < 4.78 is 23.2. The summed E-state index contributed by atoms with van der Waals surface area (Å²) in [6, 6.07) is 12.4. The van der Waals surface area contributed by atoms with Gasteiger partial charge in [-0.25, -0.2) is 23.6 Å². The van der Waals surface area contributed by atoms with Crippen molar-refractivity contribution < 1.29 is 43.3 Å². The lowest BCUT2D eigenvalue weighted by molar-refractivity contribution is 0.0136. The zero-order valence-corrected chi connectivity index (χ0v) is 28.6. The summed E-state index contributed by atoms with van der Waals surface area (Å²) in [6.45, 7) is 19.2. The molecular formula is C34H49FN4O8. The van der Waals surface area contributed by atoms with Crippen molar-refractivity contribution in [2.75, 3.05) is 44.2 Å². The van der Waals surface area contributed by atoms with E-state index in [2.05, 4.69) is 5.32 Å². The van der Waals surface area contributed by atoms with Gasteiger partial charge in [0.15, 0.2) is 0 Å². The number of carbonyl (C=O) groups excluding carboxylic acids is 2. The van der Waals surface area contributed by atoms with E-state index in [0.29, 0.717) is 25.3 Å². The van der Waals surface area contributed by atoms with E-state index in [1.54, 1.807) is 28.0 Å². The molecule has 2 heterocycles. The molecule has 3 N–H and O–H groups in total. The largest absolute Gasteiger partial charge is 0.478 e. The van der Waals surface area contributed by atoms with Crippen LogP contribution in [-0.2, 0) is 9.47 Å². The first-order valence-corrected chi connectivity index (χ1v) is 15.6. The van der Waals surface area contributed by atoms with Crippen LogP contribution in [0.2, 0.25) is 0 Å². The number of anilines is 1. The van der Waals surface area contributed by atoms with Gasteiger partial charge in [-0.15, -0.1) is 0 Å². The van der Waals surface area contributed by atoms with E-state index in [1.807, 2.05) is 66.4 Å². The first kappa shape index (κ1) is 38.8. The number of carboxylic acid groups (broad SMARTS) is 2. The molecule has 13 heteroatoms. The molecule has 0 radical (unpaired) electrons. The second-order valence-electron chi connectivity index (χ2n) is 13.3. The quantitative estimate of drug-likeness (QED) is 0.382. The van der Waals surface area contributed by atoms with Crippen LogP contribution in [0.5, 0.6) is 0 Å². The van der Waals surface area contributed by atoms with Crippen molar-refractivity contribution >= 4 is 29.8 Å². The Bertz CT molecular complexity index is 1370. The average molecular weight is 661 g/mol. The van der Waals surface area contributed by atoms with E-state index in [4.69, 9.17) is 14.6 Å². The molecule has 2 aromatic rings. The summed E-state index contributed by atoms with van der Waals surface area (Å²) in [5.74, 6) is -2.88. The van der Waals surface area contributed by atoms with Crippen molar-refractivity contribution in [3.8, 4) is 0 Å². The Morgan fingerprint density at radius 2 is 1.23 bits per heavy atom. The predicted octanol–water partition coefficient (Wildman–Crippen LogP) is 5.57. The van der Waals surface area contributed by atoms with E-state index in [0.717, 1.165) is 25.7 Å². The molecule has 2 amide bonds. The van der Waals surface area contributed by atoms with Crippen molar-refractivity contribution in [1.29, 1.82) is 0 Å². The zero-order valence-electron chi connectivity index (χ0n) is 28.6. The van der Waals surface area contributed by atoms with Crippen LogP contribution >= 0.6 is 0 Å². The van der Waals surface area contributed by atoms with Crippen LogP contribution in [0.1, 0.15) is 76.1 Å². The zero-order chi connectivity index (χ0) is 35.5.